The van der Waals surface area contributed by atoms with E-state index in [0.717, 1.165) is 12.5 Å². The van der Waals surface area contributed by atoms with Crippen LogP contribution in [0.5, 0.6) is 0 Å². The van der Waals surface area contributed by atoms with Crippen molar-refractivity contribution in [1.29, 1.82) is 0 Å². The smallest absolute Gasteiger partial charge is 0.0456 e. The Balaban J connectivity index is 1.74. The first-order valence-corrected chi connectivity index (χ1v) is 6.13. The predicted octanol–water partition coefficient (Wildman–Crippen LogP) is 2.80. The maximum atomic E-state index is 3.34. The number of fused-ring (bicyclic) bond motifs is 1. The van der Waals surface area contributed by atoms with E-state index in [1.807, 2.05) is 0 Å². The standard InChI is InChI=1S/C14H18N2/c1-11-6-8-16(11)9-7-12-10-15-14-5-3-2-4-13(12)14/h2-5,10-11,15H,6-9H2,1H3. The van der Waals surface area contributed by atoms with E-state index >= 15 is 0 Å². The van der Waals surface area contributed by atoms with Crippen LogP contribution in [-0.4, -0.2) is 29.0 Å². The fourth-order valence-corrected chi connectivity index (χ4v) is 2.50. The zero-order chi connectivity index (χ0) is 11.0. The summed E-state index contributed by atoms with van der Waals surface area (Å²) in [6.07, 6.45) is 4.69. The molecule has 0 radical (unpaired) electrons. The van der Waals surface area contributed by atoms with Crippen LogP contribution in [0.25, 0.3) is 10.9 Å². The summed E-state index contributed by atoms with van der Waals surface area (Å²) in [7, 11) is 0. The van der Waals surface area contributed by atoms with E-state index in [1.165, 1.54) is 36.0 Å². The van der Waals surface area contributed by atoms with Gasteiger partial charge < -0.3 is 9.88 Å². The maximum absolute atomic E-state index is 3.34. The molecule has 1 aromatic heterocycles. The highest BCUT2D eigenvalue weighted by Crippen LogP contribution is 2.21. The van der Waals surface area contributed by atoms with Gasteiger partial charge in [0, 0.05) is 29.7 Å². The molecule has 2 heteroatoms. The molecule has 1 fully saturated rings. The number of benzene rings is 1. The van der Waals surface area contributed by atoms with Crippen LogP contribution in [0.15, 0.2) is 30.5 Å². The normalized spacial score (nSPS) is 21.2. The van der Waals surface area contributed by atoms with Crippen LogP contribution < -0.4 is 0 Å². The third kappa shape index (κ3) is 1.63. The Bertz CT molecular complexity index is 486. The largest absolute Gasteiger partial charge is 0.361 e. The van der Waals surface area contributed by atoms with Crippen molar-refractivity contribution in [3.63, 3.8) is 0 Å². The molecule has 1 unspecified atom stereocenters. The lowest BCUT2D eigenvalue weighted by Gasteiger charge is -2.38. The number of hydrogen-bond acceptors (Lipinski definition) is 1. The van der Waals surface area contributed by atoms with Gasteiger partial charge in [0.15, 0.2) is 0 Å². The summed E-state index contributed by atoms with van der Waals surface area (Å²) in [6, 6.07) is 9.35. The van der Waals surface area contributed by atoms with Gasteiger partial charge in [0.1, 0.15) is 0 Å². The Morgan fingerprint density at radius 3 is 3.00 bits per heavy atom. The molecular formula is C14H18N2. The van der Waals surface area contributed by atoms with Crippen molar-refractivity contribution in [2.75, 3.05) is 13.1 Å². The molecule has 2 nitrogen and oxygen atoms in total. The summed E-state index contributed by atoms with van der Waals surface area (Å²) in [5.74, 6) is 0. The molecule has 1 atom stereocenters. The van der Waals surface area contributed by atoms with Crippen molar-refractivity contribution in [3.8, 4) is 0 Å². The Morgan fingerprint density at radius 2 is 2.25 bits per heavy atom. The molecule has 2 heterocycles. The number of para-hydroxylation sites is 1. The second kappa shape index (κ2) is 3.95. The summed E-state index contributed by atoms with van der Waals surface area (Å²) in [5.41, 5.74) is 2.71. The van der Waals surface area contributed by atoms with Crippen LogP contribution in [-0.2, 0) is 6.42 Å². The average molecular weight is 214 g/mol. The molecule has 2 aromatic rings. The fourth-order valence-electron chi connectivity index (χ4n) is 2.50. The number of rotatable bonds is 3. The first kappa shape index (κ1) is 9.91. The van der Waals surface area contributed by atoms with Gasteiger partial charge in [-0.1, -0.05) is 18.2 Å². The van der Waals surface area contributed by atoms with E-state index in [9.17, 15) is 0 Å². The zero-order valence-corrected chi connectivity index (χ0v) is 9.74. The summed E-state index contributed by atoms with van der Waals surface area (Å²) < 4.78 is 0. The van der Waals surface area contributed by atoms with Crippen molar-refractivity contribution in [2.24, 2.45) is 0 Å². The molecule has 84 valence electrons. The maximum Gasteiger partial charge on any atom is 0.0456 e. The molecule has 1 aromatic carbocycles. The van der Waals surface area contributed by atoms with E-state index < -0.39 is 0 Å². The van der Waals surface area contributed by atoms with E-state index in [4.69, 9.17) is 0 Å². The first-order chi connectivity index (χ1) is 7.84. The fraction of sp³-hybridized carbons (Fsp3) is 0.429. The van der Waals surface area contributed by atoms with Crippen LogP contribution in [0, 0.1) is 0 Å². The van der Waals surface area contributed by atoms with Gasteiger partial charge in [-0.25, -0.2) is 0 Å². The summed E-state index contributed by atoms with van der Waals surface area (Å²) in [6.45, 7) is 4.80. The zero-order valence-electron chi connectivity index (χ0n) is 9.74. The topological polar surface area (TPSA) is 19.0 Å². The molecule has 1 aliphatic heterocycles. The summed E-state index contributed by atoms with van der Waals surface area (Å²) >= 11 is 0. The molecule has 3 rings (SSSR count). The third-order valence-electron chi connectivity index (χ3n) is 3.80. The number of hydrogen-bond donors (Lipinski definition) is 1. The number of likely N-dealkylation sites (tertiary alicyclic amines) is 1. The number of H-pyrrole nitrogens is 1. The highest BCUT2D eigenvalue weighted by Gasteiger charge is 2.22. The molecule has 0 bridgehead atoms. The summed E-state index contributed by atoms with van der Waals surface area (Å²) in [4.78, 5) is 5.90. The van der Waals surface area contributed by atoms with Crippen LogP contribution in [0.3, 0.4) is 0 Å². The van der Waals surface area contributed by atoms with Crippen molar-refractivity contribution in [2.45, 2.75) is 25.8 Å². The second-order valence-corrected chi connectivity index (χ2v) is 4.78. The SMILES string of the molecule is CC1CCN1CCc1c[nH]c2ccccc12. The number of aromatic amines is 1. The minimum absolute atomic E-state index is 0.796. The van der Waals surface area contributed by atoms with Gasteiger partial charge in [-0.05, 0) is 37.9 Å². The van der Waals surface area contributed by atoms with Gasteiger partial charge in [-0.15, -0.1) is 0 Å². The predicted molar refractivity (Wildman–Crippen MR) is 67.7 cm³/mol. The Kier molecular flexibility index (Phi) is 2.44. The monoisotopic (exact) mass is 214 g/mol. The van der Waals surface area contributed by atoms with Gasteiger partial charge >= 0.3 is 0 Å². The van der Waals surface area contributed by atoms with Gasteiger partial charge in [0.05, 0.1) is 0 Å². The van der Waals surface area contributed by atoms with E-state index in [1.54, 1.807) is 0 Å². The lowest BCUT2D eigenvalue weighted by molar-refractivity contribution is 0.107. The molecule has 1 aliphatic rings. The Hall–Kier alpha value is -1.28. The van der Waals surface area contributed by atoms with Crippen molar-refractivity contribution in [3.05, 3.63) is 36.0 Å². The lowest BCUT2D eigenvalue weighted by Crippen LogP contribution is -2.46. The minimum Gasteiger partial charge on any atom is -0.361 e. The first-order valence-electron chi connectivity index (χ1n) is 6.13. The van der Waals surface area contributed by atoms with Crippen LogP contribution in [0.2, 0.25) is 0 Å². The molecule has 1 saturated heterocycles. The average Bonchev–Trinajstić information content (AvgIpc) is 2.71. The number of nitrogens with one attached hydrogen (secondary N) is 1. The molecule has 1 N–H and O–H groups in total. The molecule has 16 heavy (non-hydrogen) atoms. The molecule has 0 amide bonds. The van der Waals surface area contributed by atoms with Crippen molar-refractivity contribution >= 4 is 10.9 Å². The van der Waals surface area contributed by atoms with Crippen LogP contribution >= 0.6 is 0 Å². The highest BCUT2D eigenvalue weighted by molar-refractivity contribution is 5.83. The van der Waals surface area contributed by atoms with Crippen molar-refractivity contribution < 1.29 is 0 Å². The minimum atomic E-state index is 0.796. The molecular weight excluding hydrogens is 196 g/mol. The Morgan fingerprint density at radius 1 is 1.38 bits per heavy atom. The van der Waals surface area contributed by atoms with Gasteiger partial charge in [-0.2, -0.15) is 0 Å². The summed E-state index contributed by atoms with van der Waals surface area (Å²) in [5, 5.41) is 1.38. The van der Waals surface area contributed by atoms with Gasteiger partial charge in [0.2, 0.25) is 0 Å². The quantitative estimate of drug-likeness (QED) is 0.832. The number of aromatic nitrogens is 1. The lowest BCUT2D eigenvalue weighted by atomic mass is 10.0. The molecule has 0 spiro atoms. The Labute approximate surface area is 96.3 Å². The van der Waals surface area contributed by atoms with E-state index in [2.05, 4.69) is 47.3 Å². The van der Waals surface area contributed by atoms with E-state index in [0.29, 0.717) is 0 Å². The van der Waals surface area contributed by atoms with Gasteiger partial charge in [-0.3, -0.25) is 0 Å². The van der Waals surface area contributed by atoms with Crippen LogP contribution in [0.1, 0.15) is 18.9 Å². The highest BCUT2D eigenvalue weighted by atomic mass is 15.2. The third-order valence-corrected chi connectivity index (χ3v) is 3.80. The van der Waals surface area contributed by atoms with Crippen LogP contribution in [0.4, 0.5) is 0 Å². The number of nitrogens with zero attached hydrogens (tertiary/aromatic N) is 1. The van der Waals surface area contributed by atoms with Crippen molar-refractivity contribution in [1.82, 2.24) is 9.88 Å². The second-order valence-electron chi connectivity index (χ2n) is 4.78. The van der Waals surface area contributed by atoms with Gasteiger partial charge in [0.25, 0.3) is 0 Å². The van der Waals surface area contributed by atoms with E-state index in [-0.39, 0.29) is 0 Å². The molecule has 0 saturated carbocycles. The molecule has 0 aliphatic carbocycles.